The van der Waals surface area contributed by atoms with Crippen LogP contribution < -0.4 is 15.4 Å². The van der Waals surface area contributed by atoms with Crippen molar-refractivity contribution in [1.82, 2.24) is 5.32 Å². The molecule has 1 fully saturated rings. The highest BCUT2D eigenvalue weighted by molar-refractivity contribution is 6.32. The molecular formula is C20H21ClN2O3. The average molecular weight is 373 g/mol. The van der Waals surface area contributed by atoms with Gasteiger partial charge in [-0.2, -0.15) is 0 Å². The van der Waals surface area contributed by atoms with Gasteiger partial charge in [-0.1, -0.05) is 35.9 Å². The number of rotatable bonds is 6. The number of anilines is 1. The van der Waals surface area contributed by atoms with E-state index in [4.69, 9.17) is 16.3 Å². The molecule has 0 saturated heterocycles. The van der Waals surface area contributed by atoms with Gasteiger partial charge in [0, 0.05) is 12.2 Å². The Balaban J connectivity index is 1.51. The Morgan fingerprint density at radius 2 is 1.88 bits per heavy atom. The number of methoxy groups -OCH3 is 1. The van der Waals surface area contributed by atoms with Crippen LogP contribution in [0.15, 0.2) is 42.5 Å². The molecule has 5 nitrogen and oxygen atoms in total. The highest BCUT2D eigenvalue weighted by atomic mass is 35.5. The molecule has 0 spiro atoms. The number of hydrogen-bond acceptors (Lipinski definition) is 3. The Bertz CT molecular complexity index is 838. The van der Waals surface area contributed by atoms with Crippen LogP contribution in [0.2, 0.25) is 5.02 Å². The summed E-state index contributed by atoms with van der Waals surface area (Å²) in [5.74, 6) is -0.270. The molecule has 1 aliphatic rings. The van der Waals surface area contributed by atoms with Crippen molar-refractivity contribution in [2.24, 2.45) is 11.8 Å². The molecule has 2 aromatic rings. The molecule has 2 atom stereocenters. The maximum Gasteiger partial charge on any atom is 0.228 e. The van der Waals surface area contributed by atoms with Gasteiger partial charge >= 0.3 is 0 Å². The Hall–Kier alpha value is -2.53. The molecule has 2 N–H and O–H groups in total. The molecule has 0 aromatic heterocycles. The van der Waals surface area contributed by atoms with Crippen LogP contribution in [0.3, 0.4) is 0 Å². The van der Waals surface area contributed by atoms with Crippen molar-refractivity contribution >= 4 is 29.1 Å². The van der Waals surface area contributed by atoms with Crippen molar-refractivity contribution in [3.8, 4) is 5.75 Å². The SMILES string of the molecule is COc1ccc(NC(=O)C2CC2C(=O)NCc2ccccc2C)cc1Cl. The van der Waals surface area contributed by atoms with E-state index in [0.29, 0.717) is 29.4 Å². The Labute approximate surface area is 157 Å². The molecule has 0 heterocycles. The average Bonchev–Trinajstić information content (AvgIpc) is 3.42. The summed E-state index contributed by atoms with van der Waals surface area (Å²) in [7, 11) is 1.53. The molecule has 1 saturated carbocycles. The first-order valence-electron chi connectivity index (χ1n) is 8.46. The topological polar surface area (TPSA) is 67.4 Å². The minimum atomic E-state index is -0.298. The zero-order valence-electron chi connectivity index (χ0n) is 14.7. The second kappa shape index (κ2) is 7.79. The van der Waals surface area contributed by atoms with E-state index in [1.165, 1.54) is 7.11 Å². The maximum absolute atomic E-state index is 12.3. The largest absolute Gasteiger partial charge is 0.495 e. The van der Waals surface area contributed by atoms with Crippen LogP contribution in [0, 0.1) is 18.8 Å². The Morgan fingerprint density at radius 1 is 1.15 bits per heavy atom. The molecule has 2 amide bonds. The second-order valence-electron chi connectivity index (χ2n) is 6.43. The van der Waals surface area contributed by atoms with E-state index in [-0.39, 0.29) is 23.7 Å². The quantitative estimate of drug-likeness (QED) is 0.814. The van der Waals surface area contributed by atoms with E-state index in [9.17, 15) is 9.59 Å². The first kappa shape index (κ1) is 18.3. The summed E-state index contributed by atoms with van der Waals surface area (Å²) in [6, 6.07) is 13.0. The Kier molecular flexibility index (Phi) is 5.47. The molecule has 1 aliphatic carbocycles. The van der Waals surface area contributed by atoms with Crippen molar-refractivity contribution in [2.75, 3.05) is 12.4 Å². The lowest BCUT2D eigenvalue weighted by Crippen LogP contribution is -2.27. The van der Waals surface area contributed by atoms with Gasteiger partial charge in [0.25, 0.3) is 0 Å². The molecule has 0 aliphatic heterocycles. The summed E-state index contributed by atoms with van der Waals surface area (Å²) in [5.41, 5.74) is 2.80. The minimum Gasteiger partial charge on any atom is -0.495 e. The molecule has 0 radical (unpaired) electrons. The number of carbonyl (C=O) groups is 2. The van der Waals surface area contributed by atoms with Crippen LogP contribution in [-0.2, 0) is 16.1 Å². The number of aryl methyl sites for hydroxylation is 1. The lowest BCUT2D eigenvalue weighted by molar-refractivity contribution is -0.125. The van der Waals surface area contributed by atoms with E-state index < -0.39 is 0 Å². The summed E-state index contributed by atoms with van der Waals surface area (Å²) >= 11 is 6.06. The zero-order chi connectivity index (χ0) is 18.7. The van der Waals surface area contributed by atoms with Crippen molar-refractivity contribution in [1.29, 1.82) is 0 Å². The molecular weight excluding hydrogens is 352 g/mol. The molecule has 2 aromatic carbocycles. The van der Waals surface area contributed by atoms with Crippen molar-refractivity contribution < 1.29 is 14.3 Å². The third kappa shape index (κ3) is 4.17. The number of nitrogens with one attached hydrogen (secondary N) is 2. The molecule has 6 heteroatoms. The minimum absolute atomic E-state index is 0.0823. The highest BCUT2D eigenvalue weighted by Crippen LogP contribution is 2.40. The lowest BCUT2D eigenvalue weighted by Gasteiger charge is -2.09. The number of benzene rings is 2. The smallest absolute Gasteiger partial charge is 0.228 e. The standard InChI is InChI=1S/C20H21ClN2O3/c1-12-5-3-4-6-13(12)11-22-19(24)15-10-16(15)20(25)23-14-7-8-18(26-2)17(21)9-14/h3-9,15-16H,10-11H2,1-2H3,(H,22,24)(H,23,25). The molecule has 0 bridgehead atoms. The molecule has 3 rings (SSSR count). The first-order chi connectivity index (χ1) is 12.5. The molecule has 2 unspecified atom stereocenters. The fraction of sp³-hybridized carbons (Fsp3) is 0.300. The van der Waals surface area contributed by atoms with Crippen molar-refractivity contribution in [2.45, 2.75) is 19.9 Å². The number of halogens is 1. The van der Waals surface area contributed by atoms with E-state index in [0.717, 1.165) is 11.1 Å². The maximum atomic E-state index is 12.3. The van der Waals surface area contributed by atoms with Crippen LogP contribution in [0.1, 0.15) is 17.5 Å². The van der Waals surface area contributed by atoms with E-state index in [2.05, 4.69) is 10.6 Å². The van der Waals surface area contributed by atoms with Crippen LogP contribution in [0.5, 0.6) is 5.75 Å². The third-order valence-corrected chi connectivity index (χ3v) is 4.89. The van der Waals surface area contributed by atoms with Crippen LogP contribution >= 0.6 is 11.6 Å². The third-order valence-electron chi connectivity index (χ3n) is 4.60. The highest BCUT2D eigenvalue weighted by Gasteiger charge is 2.47. The van der Waals surface area contributed by atoms with Crippen molar-refractivity contribution in [3.63, 3.8) is 0 Å². The fourth-order valence-electron chi connectivity index (χ4n) is 2.88. The molecule has 26 heavy (non-hydrogen) atoms. The fourth-order valence-corrected chi connectivity index (χ4v) is 3.13. The summed E-state index contributed by atoms with van der Waals surface area (Å²) < 4.78 is 5.09. The van der Waals surface area contributed by atoms with Gasteiger partial charge < -0.3 is 15.4 Å². The number of ether oxygens (including phenoxy) is 1. The van der Waals surface area contributed by atoms with Gasteiger partial charge in [-0.3, -0.25) is 9.59 Å². The van der Waals surface area contributed by atoms with Crippen LogP contribution in [0.25, 0.3) is 0 Å². The number of hydrogen-bond donors (Lipinski definition) is 2. The first-order valence-corrected chi connectivity index (χ1v) is 8.84. The van der Waals surface area contributed by atoms with Crippen LogP contribution in [-0.4, -0.2) is 18.9 Å². The van der Waals surface area contributed by atoms with Crippen LogP contribution in [0.4, 0.5) is 5.69 Å². The summed E-state index contributed by atoms with van der Waals surface area (Å²) in [6.07, 6.45) is 0.565. The predicted molar refractivity (Wildman–Crippen MR) is 101 cm³/mol. The number of carbonyl (C=O) groups excluding carboxylic acids is 2. The van der Waals surface area contributed by atoms with Gasteiger partial charge in [-0.15, -0.1) is 0 Å². The number of amides is 2. The van der Waals surface area contributed by atoms with E-state index >= 15 is 0 Å². The predicted octanol–water partition coefficient (Wildman–Crippen LogP) is 3.55. The summed E-state index contributed by atoms with van der Waals surface area (Å²) in [6.45, 7) is 2.49. The van der Waals surface area contributed by atoms with Gasteiger partial charge in [0.15, 0.2) is 0 Å². The van der Waals surface area contributed by atoms with E-state index in [1.54, 1.807) is 18.2 Å². The molecule has 136 valence electrons. The van der Waals surface area contributed by atoms with E-state index in [1.807, 2.05) is 31.2 Å². The van der Waals surface area contributed by atoms with Gasteiger partial charge in [0.05, 0.1) is 24.0 Å². The van der Waals surface area contributed by atoms with Gasteiger partial charge in [-0.05, 0) is 42.7 Å². The second-order valence-corrected chi connectivity index (χ2v) is 6.84. The lowest BCUT2D eigenvalue weighted by atomic mass is 10.1. The summed E-state index contributed by atoms with van der Waals surface area (Å²) in [5, 5.41) is 6.15. The zero-order valence-corrected chi connectivity index (χ0v) is 15.5. The van der Waals surface area contributed by atoms with Gasteiger partial charge in [0.1, 0.15) is 5.75 Å². The van der Waals surface area contributed by atoms with Gasteiger partial charge in [-0.25, -0.2) is 0 Å². The normalized spacial score (nSPS) is 18.1. The monoisotopic (exact) mass is 372 g/mol. The van der Waals surface area contributed by atoms with Crippen molar-refractivity contribution in [3.05, 3.63) is 58.6 Å². The summed E-state index contributed by atoms with van der Waals surface area (Å²) in [4.78, 5) is 24.6. The van der Waals surface area contributed by atoms with Gasteiger partial charge in [0.2, 0.25) is 11.8 Å². The Morgan fingerprint density at radius 3 is 2.58 bits per heavy atom.